The van der Waals surface area contributed by atoms with E-state index in [2.05, 4.69) is 5.32 Å². The summed E-state index contributed by atoms with van der Waals surface area (Å²) in [6.45, 7) is 3.88. The Morgan fingerprint density at radius 1 is 1.21 bits per heavy atom. The van der Waals surface area contributed by atoms with Crippen LogP contribution in [-0.4, -0.2) is 41.4 Å². The molecule has 2 aromatic rings. The van der Waals surface area contributed by atoms with E-state index in [1.165, 1.54) is 13.2 Å². The SMILES string of the molecule is COC(=O)[C@@H]1Cc2ccccc2CN1CC(=O)Nc1c([N+](=O)[O-])ccc(C)c1C. The number of methoxy groups -OCH3 is 1. The van der Waals surface area contributed by atoms with Gasteiger partial charge in [0.1, 0.15) is 11.7 Å². The molecular weight excluding hydrogens is 374 g/mol. The summed E-state index contributed by atoms with van der Waals surface area (Å²) in [7, 11) is 1.32. The number of rotatable bonds is 5. The van der Waals surface area contributed by atoms with Gasteiger partial charge < -0.3 is 10.1 Å². The van der Waals surface area contributed by atoms with Crippen molar-refractivity contribution in [2.75, 3.05) is 19.0 Å². The van der Waals surface area contributed by atoms with E-state index in [1.54, 1.807) is 17.9 Å². The van der Waals surface area contributed by atoms with Gasteiger partial charge in [0, 0.05) is 12.6 Å². The van der Waals surface area contributed by atoms with E-state index in [1.807, 2.05) is 31.2 Å². The highest BCUT2D eigenvalue weighted by atomic mass is 16.6. The van der Waals surface area contributed by atoms with Gasteiger partial charge in [0.15, 0.2) is 0 Å². The van der Waals surface area contributed by atoms with Crippen LogP contribution in [0.2, 0.25) is 0 Å². The van der Waals surface area contributed by atoms with Crippen LogP contribution in [0.1, 0.15) is 22.3 Å². The summed E-state index contributed by atoms with van der Waals surface area (Å²) in [6, 6.07) is 10.2. The molecule has 152 valence electrons. The molecule has 1 aliphatic heterocycles. The monoisotopic (exact) mass is 397 g/mol. The van der Waals surface area contributed by atoms with E-state index >= 15 is 0 Å². The Morgan fingerprint density at radius 3 is 2.55 bits per heavy atom. The van der Waals surface area contributed by atoms with Gasteiger partial charge in [-0.3, -0.25) is 24.6 Å². The highest BCUT2D eigenvalue weighted by Gasteiger charge is 2.33. The molecule has 1 heterocycles. The summed E-state index contributed by atoms with van der Waals surface area (Å²) in [5.41, 5.74) is 3.59. The van der Waals surface area contributed by atoms with E-state index in [4.69, 9.17) is 4.74 Å². The molecule has 1 N–H and O–H groups in total. The fourth-order valence-corrected chi connectivity index (χ4v) is 3.59. The largest absolute Gasteiger partial charge is 0.468 e. The van der Waals surface area contributed by atoms with Crippen LogP contribution in [0.15, 0.2) is 36.4 Å². The first-order chi connectivity index (χ1) is 13.8. The van der Waals surface area contributed by atoms with Crippen LogP contribution >= 0.6 is 0 Å². The molecule has 0 aliphatic carbocycles. The molecule has 0 aromatic heterocycles. The molecule has 0 saturated heterocycles. The Hall–Kier alpha value is -3.26. The van der Waals surface area contributed by atoms with Crippen LogP contribution in [0.25, 0.3) is 0 Å². The van der Waals surface area contributed by atoms with E-state index in [0.717, 1.165) is 16.7 Å². The molecular formula is C21H23N3O5. The van der Waals surface area contributed by atoms with Crippen LogP contribution in [0.5, 0.6) is 0 Å². The average molecular weight is 397 g/mol. The topological polar surface area (TPSA) is 102 Å². The fraction of sp³-hybridized carbons (Fsp3) is 0.333. The molecule has 0 saturated carbocycles. The lowest BCUT2D eigenvalue weighted by molar-refractivity contribution is -0.384. The summed E-state index contributed by atoms with van der Waals surface area (Å²) >= 11 is 0. The maximum absolute atomic E-state index is 12.8. The number of ether oxygens (including phenoxy) is 1. The maximum atomic E-state index is 12.8. The number of hydrogen-bond acceptors (Lipinski definition) is 6. The van der Waals surface area contributed by atoms with Crippen molar-refractivity contribution in [2.45, 2.75) is 32.9 Å². The number of esters is 1. The van der Waals surface area contributed by atoms with Crippen molar-refractivity contribution in [1.82, 2.24) is 4.90 Å². The lowest BCUT2D eigenvalue weighted by Gasteiger charge is -2.34. The third-order valence-electron chi connectivity index (χ3n) is 5.34. The van der Waals surface area contributed by atoms with Gasteiger partial charge in [0.25, 0.3) is 5.69 Å². The molecule has 8 nitrogen and oxygen atoms in total. The quantitative estimate of drug-likeness (QED) is 0.473. The first-order valence-electron chi connectivity index (χ1n) is 9.25. The molecule has 29 heavy (non-hydrogen) atoms. The van der Waals surface area contributed by atoms with Gasteiger partial charge in [0.05, 0.1) is 18.6 Å². The van der Waals surface area contributed by atoms with Crippen molar-refractivity contribution in [3.8, 4) is 0 Å². The maximum Gasteiger partial charge on any atom is 0.323 e. The summed E-state index contributed by atoms with van der Waals surface area (Å²) in [4.78, 5) is 37.6. The lowest BCUT2D eigenvalue weighted by atomic mass is 9.94. The number of aryl methyl sites for hydroxylation is 1. The van der Waals surface area contributed by atoms with Crippen molar-refractivity contribution < 1.29 is 19.2 Å². The fourth-order valence-electron chi connectivity index (χ4n) is 3.59. The molecule has 0 radical (unpaired) electrons. The molecule has 0 fully saturated rings. The third-order valence-corrected chi connectivity index (χ3v) is 5.34. The third kappa shape index (κ3) is 4.27. The van der Waals surface area contributed by atoms with Crippen molar-refractivity contribution >= 4 is 23.3 Å². The minimum absolute atomic E-state index is 0.0847. The number of nitrogens with one attached hydrogen (secondary N) is 1. The number of fused-ring (bicyclic) bond motifs is 1. The second-order valence-electron chi connectivity index (χ2n) is 7.12. The average Bonchev–Trinajstić information content (AvgIpc) is 2.70. The Labute approximate surface area is 168 Å². The van der Waals surface area contributed by atoms with Gasteiger partial charge in [-0.05, 0) is 42.5 Å². The molecule has 0 bridgehead atoms. The predicted molar refractivity (Wildman–Crippen MR) is 108 cm³/mol. The number of nitro groups is 1. The van der Waals surface area contributed by atoms with Gasteiger partial charge in [0.2, 0.25) is 5.91 Å². The van der Waals surface area contributed by atoms with Crippen LogP contribution in [0.4, 0.5) is 11.4 Å². The number of carbonyl (C=O) groups excluding carboxylic acids is 2. The van der Waals surface area contributed by atoms with Crippen LogP contribution in [0, 0.1) is 24.0 Å². The zero-order valence-electron chi connectivity index (χ0n) is 16.6. The number of anilines is 1. The van der Waals surface area contributed by atoms with Crippen molar-refractivity contribution in [3.63, 3.8) is 0 Å². The molecule has 0 unspecified atom stereocenters. The number of carbonyl (C=O) groups is 2. The van der Waals surface area contributed by atoms with E-state index < -0.39 is 22.8 Å². The highest BCUT2D eigenvalue weighted by molar-refractivity contribution is 5.96. The van der Waals surface area contributed by atoms with E-state index in [9.17, 15) is 19.7 Å². The molecule has 1 aliphatic rings. The Balaban J connectivity index is 1.83. The molecule has 0 spiro atoms. The summed E-state index contributed by atoms with van der Waals surface area (Å²) in [5, 5.41) is 14.0. The summed E-state index contributed by atoms with van der Waals surface area (Å²) < 4.78 is 4.92. The minimum atomic E-state index is -0.589. The van der Waals surface area contributed by atoms with Gasteiger partial charge in [-0.1, -0.05) is 30.3 Å². The Bertz CT molecular complexity index is 973. The smallest absolute Gasteiger partial charge is 0.323 e. The first-order valence-corrected chi connectivity index (χ1v) is 9.25. The summed E-state index contributed by atoms with van der Waals surface area (Å²) in [6.07, 6.45) is 0.444. The van der Waals surface area contributed by atoms with Gasteiger partial charge in [-0.15, -0.1) is 0 Å². The predicted octanol–water partition coefficient (Wildman–Crippen LogP) is 2.75. The molecule has 1 amide bonds. The molecule has 8 heteroatoms. The van der Waals surface area contributed by atoms with Gasteiger partial charge in [-0.2, -0.15) is 0 Å². The number of benzene rings is 2. The normalized spacial score (nSPS) is 16.0. The van der Waals surface area contributed by atoms with Crippen LogP contribution in [0.3, 0.4) is 0 Å². The number of hydrogen-bond donors (Lipinski definition) is 1. The number of nitrogens with zero attached hydrogens (tertiary/aromatic N) is 2. The second kappa shape index (κ2) is 8.40. The van der Waals surface area contributed by atoms with Crippen molar-refractivity contribution in [3.05, 3.63) is 68.8 Å². The minimum Gasteiger partial charge on any atom is -0.468 e. The number of nitro benzene ring substituents is 1. The van der Waals surface area contributed by atoms with Gasteiger partial charge >= 0.3 is 5.97 Å². The Morgan fingerprint density at radius 2 is 1.90 bits per heavy atom. The van der Waals surface area contributed by atoms with Crippen LogP contribution in [-0.2, 0) is 27.3 Å². The Kier molecular flexibility index (Phi) is 5.93. The molecule has 2 aromatic carbocycles. The number of amides is 1. The zero-order valence-corrected chi connectivity index (χ0v) is 16.6. The van der Waals surface area contributed by atoms with E-state index in [0.29, 0.717) is 18.5 Å². The summed E-state index contributed by atoms with van der Waals surface area (Å²) in [5.74, 6) is -0.833. The zero-order chi connectivity index (χ0) is 21.1. The molecule has 1 atom stereocenters. The lowest BCUT2D eigenvalue weighted by Crippen LogP contribution is -2.49. The standard InChI is InChI=1S/C21H23N3O5/c1-13-8-9-17(24(27)28)20(14(13)2)22-19(25)12-23-11-16-7-5-4-6-15(16)10-18(23)21(26)29-3/h4-9,18H,10-12H2,1-3H3,(H,22,25)/t18-/m0/s1. The van der Waals surface area contributed by atoms with E-state index in [-0.39, 0.29) is 17.9 Å². The molecule has 3 rings (SSSR count). The second-order valence-corrected chi connectivity index (χ2v) is 7.12. The van der Waals surface area contributed by atoms with Crippen LogP contribution < -0.4 is 5.32 Å². The van der Waals surface area contributed by atoms with Crippen molar-refractivity contribution in [2.24, 2.45) is 0 Å². The van der Waals surface area contributed by atoms with Crippen molar-refractivity contribution in [1.29, 1.82) is 0 Å². The first kappa shape index (κ1) is 20.5. The van der Waals surface area contributed by atoms with Gasteiger partial charge in [-0.25, -0.2) is 0 Å². The highest BCUT2D eigenvalue weighted by Crippen LogP contribution is 2.30.